The topological polar surface area (TPSA) is 67.6 Å². The molecular weight excluding hydrogens is 280 g/mol. The van der Waals surface area contributed by atoms with Crippen LogP contribution in [0.25, 0.3) is 0 Å². The molecule has 4 nitrogen and oxygen atoms in total. The first-order valence-corrected chi connectivity index (χ1v) is 7.42. The van der Waals surface area contributed by atoms with Crippen LogP contribution in [0.3, 0.4) is 0 Å². The van der Waals surface area contributed by atoms with Gasteiger partial charge >= 0.3 is 0 Å². The Morgan fingerprint density at radius 1 is 1.47 bits per heavy atom. The molecule has 2 aromatic rings. The molecule has 2 unspecified atom stereocenters. The molecular formula is C13H17ClN4S. The molecule has 6 heteroatoms. The fraction of sp³-hybridized carbons (Fsp3) is 0.385. The van der Waals surface area contributed by atoms with E-state index in [2.05, 4.69) is 22.1 Å². The van der Waals surface area contributed by atoms with Gasteiger partial charge < -0.3 is 5.73 Å². The number of aryl methyl sites for hydroxylation is 1. The van der Waals surface area contributed by atoms with Gasteiger partial charge in [0.2, 0.25) is 5.16 Å². The average molecular weight is 297 g/mol. The fourth-order valence-electron chi connectivity index (χ4n) is 1.79. The van der Waals surface area contributed by atoms with Gasteiger partial charge in [0.05, 0.1) is 5.25 Å². The number of thioether (sulfide) groups is 1. The molecule has 0 radical (unpaired) electrons. The second kappa shape index (κ2) is 6.41. The first kappa shape index (κ1) is 14.4. The van der Waals surface area contributed by atoms with Gasteiger partial charge in [-0.3, -0.25) is 5.10 Å². The Balaban J connectivity index is 2.25. The van der Waals surface area contributed by atoms with Gasteiger partial charge in [-0.15, -0.1) is 5.10 Å². The highest BCUT2D eigenvalue weighted by Gasteiger charge is 2.22. The van der Waals surface area contributed by atoms with Gasteiger partial charge in [-0.05, 0) is 31.0 Å². The van der Waals surface area contributed by atoms with Gasteiger partial charge in [0.25, 0.3) is 0 Å². The van der Waals surface area contributed by atoms with Crippen molar-refractivity contribution in [1.29, 1.82) is 0 Å². The van der Waals surface area contributed by atoms with Crippen LogP contribution in [0.15, 0.2) is 29.4 Å². The van der Waals surface area contributed by atoms with Crippen molar-refractivity contribution in [2.75, 3.05) is 0 Å². The molecule has 0 amide bonds. The zero-order chi connectivity index (χ0) is 13.8. The largest absolute Gasteiger partial charge is 0.326 e. The van der Waals surface area contributed by atoms with Crippen molar-refractivity contribution in [2.45, 2.75) is 36.7 Å². The number of hydrogen-bond acceptors (Lipinski definition) is 4. The Kier molecular flexibility index (Phi) is 4.85. The summed E-state index contributed by atoms with van der Waals surface area (Å²) in [5, 5.41) is 8.53. The van der Waals surface area contributed by atoms with Gasteiger partial charge in [0, 0.05) is 11.1 Å². The molecule has 2 atom stereocenters. The van der Waals surface area contributed by atoms with Crippen molar-refractivity contribution < 1.29 is 0 Å². The first-order chi connectivity index (χ1) is 9.10. The maximum atomic E-state index is 6.22. The summed E-state index contributed by atoms with van der Waals surface area (Å²) in [5.74, 6) is 0.803. The van der Waals surface area contributed by atoms with E-state index in [4.69, 9.17) is 17.3 Å². The molecule has 0 aliphatic carbocycles. The molecule has 102 valence electrons. The van der Waals surface area contributed by atoms with Crippen molar-refractivity contribution in [3.05, 3.63) is 40.7 Å². The van der Waals surface area contributed by atoms with Crippen molar-refractivity contribution in [2.24, 2.45) is 5.73 Å². The molecule has 1 aromatic carbocycles. The molecule has 2 rings (SSSR count). The third kappa shape index (κ3) is 3.72. The summed E-state index contributed by atoms with van der Waals surface area (Å²) >= 11 is 7.62. The van der Waals surface area contributed by atoms with Crippen LogP contribution in [-0.2, 0) is 0 Å². The second-order valence-corrected chi connectivity index (χ2v) is 5.91. The number of nitrogens with one attached hydrogen (secondary N) is 1. The number of benzene rings is 1. The summed E-state index contributed by atoms with van der Waals surface area (Å²) in [5.41, 5.74) is 7.33. The number of rotatable bonds is 5. The fourth-order valence-corrected chi connectivity index (χ4v) is 3.15. The zero-order valence-corrected chi connectivity index (χ0v) is 12.5. The monoisotopic (exact) mass is 296 g/mol. The van der Waals surface area contributed by atoms with Gasteiger partial charge in [0.1, 0.15) is 5.82 Å². The lowest BCUT2D eigenvalue weighted by Gasteiger charge is -2.21. The predicted octanol–water partition coefficient (Wildman–Crippen LogP) is 3.34. The Morgan fingerprint density at radius 3 is 2.84 bits per heavy atom. The molecule has 0 bridgehead atoms. The SMILES string of the molecule is CCC(N)C(Sc1n[nH]c(C)n1)c1cccc(Cl)c1. The summed E-state index contributed by atoms with van der Waals surface area (Å²) in [7, 11) is 0. The van der Waals surface area contributed by atoms with Crippen LogP contribution >= 0.6 is 23.4 Å². The van der Waals surface area contributed by atoms with E-state index in [0.717, 1.165) is 22.8 Å². The van der Waals surface area contributed by atoms with Gasteiger partial charge in [-0.25, -0.2) is 4.98 Å². The number of aromatic amines is 1. The van der Waals surface area contributed by atoms with Crippen molar-refractivity contribution in [3.8, 4) is 0 Å². The van der Waals surface area contributed by atoms with Crippen molar-refractivity contribution >= 4 is 23.4 Å². The zero-order valence-electron chi connectivity index (χ0n) is 10.9. The lowest BCUT2D eigenvalue weighted by Crippen LogP contribution is -2.25. The molecule has 3 N–H and O–H groups in total. The molecule has 1 aromatic heterocycles. The van der Waals surface area contributed by atoms with Gasteiger partial charge in [-0.2, -0.15) is 0 Å². The average Bonchev–Trinajstić information content (AvgIpc) is 2.80. The van der Waals surface area contributed by atoms with Crippen molar-refractivity contribution in [1.82, 2.24) is 15.2 Å². The minimum atomic E-state index is 0.0299. The van der Waals surface area contributed by atoms with Crippen LogP contribution in [0.2, 0.25) is 5.02 Å². The van der Waals surface area contributed by atoms with E-state index < -0.39 is 0 Å². The molecule has 1 heterocycles. The number of aromatic nitrogens is 3. The van der Waals surface area contributed by atoms with Crippen LogP contribution in [-0.4, -0.2) is 21.2 Å². The third-order valence-corrected chi connectivity index (χ3v) is 4.35. The van der Waals surface area contributed by atoms with Gasteiger partial charge in [0.15, 0.2) is 0 Å². The Labute approximate surface area is 122 Å². The third-order valence-electron chi connectivity index (χ3n) is 2.85. The standard InChI is InChI=1S/C13H17ClN4S/c1-3-11(15)12(9-5-4-6-10(14)7-9)19-13-16-8(2)17-18-13/h4-7,11-12H,3,15H2,1-2H3,(H,16,17,18). The van der Waals surface area contributed by atoms with Crippen molar-refractivity contribution in [3.63, 3.8) is 0 Å². The summed E-state index contributed by atoms with van der Waals surface area (Å²) < 4.78 is 0. The van der Waals surface area contributed by atoms with Crippen LogP contribution in [0.4, 0.5) is 0 Å². The highest BCUT2D eigenvalue weighted by atomic mass is 35.5. The van der Waals surface area contributed by atoms with E-state index in [1.165, 1.54) is 0 Å². The predicted molar refractivity (Wildman–Crippen MR) is 79.4 cm³/mol. The van der Waals surface area contributed by atoms with E-state index >= 15 is 0 Å². The van der Waals surface area contributed by atoms with Crippen LogP contribution in [0.5, 0.6) is 0 Å². The molecule has 0 saturated carbocycles. The number of halogens is 1. The Morgan fingerprint density at radius 2 is 2.26 bits per heavy atom. The van der Waals surface area contributed by atoms with E-state index in [0.29, 0.717) is 5.16 Å². The molecule has 0 spiro atoms. The number of nitrogens with two attached hydrogens (primary N) is 1. The highest BCUT2D eigenvalue weighted by Crippen LogP contribution is 2.37. The Bertz CT molecular complexity index is 543. The minimum absolute atomic E-state index is 0.0299. The van der Waals surface area contributed by atoms with E-state index in [9.17, 15) is 0 Å². The molecule has 0 fully saturated rings. The maximum Gasteiger partial charge on any atom is 0.209 e. The normalized spacial score (nSPS) is 14.3. The smallest absolute Gasteiger partial charge is 0.209 e. The first-order valence-electron chi connectivity index (χ1n) is 6.17. The summed E-state index contributed by atoms with van der Waals surface area (Å²) in [6, 6.07) is 7.83. The van der Waals surface area contributed by atoms with E-state index in [1.54, 1.807) is 11.8 Å². The maximum absolute atomic E-state index is 6.22. The lowest BCUT2D eigenvalue weighted by molar-refractivity contribution is 0.632. The quantitative estimate of drug-likeness (QED) is 0.831. The summed E-state index contributed by atoms with van der Waals surface area (Å²) in [6.45, 7) is 3.96. The number of H-pyrrole nitrogens is 1. The molecule has 0 aliphatic rings. The van der Waals surface area contributed by atoms with Crippen LogP contribution in [0, 0.1) is 6.92 Å². The lowest BCUT2D eigenvalue weighted by atomic mass is 10.0. The summed E-state index contributed by atoms with van der Waals surface area (Å²) in [6.07, 6.45) is 0.883. The Hall–Kier alpha value is -1.04. The molecule has 0 saturated heterocycles. The second-order valence-electron chi connectivity index (χ2n) is 4.37. The van der Waals surface area contributed by atoms with Crippen LogP contribution in [0.1, 0.15) is 30.0 Å². The number of hydrogen-bond donors (Lipinski definition) is 2. The van der Waals surface area contributed by atoms with Gasteiger partial charge in [-0.1, -0.05) is 42.4 Å². The summed E-state index contributed by atoms with van der Waals surface area (Å²) in [4.78, 5) is 4.32. The highest BCUT2D eigenvalue weighted by molar-refractivity contribution is 7.99. The molecule has 0 aliphatic heterocycles. The number of nitrogens with zero attached hydrogens (tertiary/aromatic N) is 2. The van der Waals surface area contributed by atoms with E-state index in [-0.39, 0.29) is 11.3 Å². The van der Waals surface area contributed by atoms with E-state index in [1.807, 2.05) is 31.2 Å². The minimum Gasteiger partial charge on any atom is -0.326 e. The molecule has 19 heavy (non-hydrogen) atoms. The van der Waals surface area contributed by atoms with Crippen LogP contribution < -0.4 is 5.73 Å².